The highest BCUT2D eigenvalue weighted by Crippen LogP contribution is 2.30. The van der Waals surface area contributed by atoms with Crippen molar-refractivity contribution in [2.75, 3.05) is 0 Å². The molecule has 0 unspecified atom stereocenters. The molecule has 4 aromatic carbocycles. The van der Waals surface area contributed by atoms with Gasteiger partial charge >= 0.3 is 0 Å². The fourth-order valence-corrected chi connectivity index (χ4v) is 5.31. The summed E-state index contributed by atoms with van der Waals surface area (Å²) in [6.45, 7) is 0. The van der Waals surface area contributed by atoms with Crippen LogP contribution in [0.5, 0.6) is 0 Å². The van der Waals surface area contributed by atoms with Gasteiger partial charge in [-0.2, -0.15) is 0 Å². The first-order valence-corrected chi connectivity index (χ1v) is 12.3. The molecule has 0 bridgehead atoms. The van der Waals surface area contributed by atoms with Crippen LogP contribution >= 0.6 is 31.9 Å². The van der Waals surface area contributed by atoms with E-state index in [-0.39, 0.29) is 0 Å². The van der Waals surface area contributed by atoms with Crippen molar-refractivity contribution in [2.24, 2.45) is 4.99 Å². The van der Waals surface area contributed by atoms with Crippen LogP contribution < -0.4 is 5.55 Å². The fraction of sp³-hybridized carbons (Fsp3) is 0. The van der Waals surface area contributed by atoms with Crippen molar-refractivity contribution in [1.29, 1.82) is 0 Å². The minimum atomic E-state index is 0.488. The Morgan fingerprint density at radius 1 is 0.765 bits per heavy atom. The third kappa shape index (κ3) is 4.00. The maximum absolute atomic E-state index is 6.35. The number of hydrogen-bond acceptors (Lipinski definition) is 3. The second-order valence-electron chi connectivity index (χ2n) is 7.90. The highest BCUT2D eigenvalue weighted by molar-refractivity contribution is 9.11. The average molecular weight is 571 g/mol. The van der Waals surface area contributed by atoms with Crippen LogP contribution in [0, 0.1) is 0 Å². The third-order valence-electron chi connectivity index (χ3n) is 5.62. The Kier molecular flexibility index (Phi) is 5.40. The Labute approximate surface area is 212 Å². The van der Waals surface area contributed by atoms with Gasteiger partial charge in [0.1, 0.15) is 5.82 Å². The van der Waals surface area contributed by atoms with Gasteiger partial charge in [0.25, 0.3) is 0 Å². The summed E-state index contributed by atoms with van der Waals surface area (Å²) in [7, 11) is 0. The molecule has 0 saturated carbocycles. The van der Waals surface area contributed by atoms with Gasteiger partial charge in [-0.05, 0) is 69.5 Å². The number of H-pyrrole nitrogens is 1. The SMILES string of the molecule is Brc1cc(Br)c2oc(=Nc3ccc(-c4ccccc4)cc3)c(-c3nc4ccccc4[nH]3)cc2c1. The van der Waals surface area contributed by atoms with Crippen molar-refractivity contribution in [1.82, 2.24) is 9.97 Å². The first-order valence-electron chi connectivity index (χ1n) is 10.7. The number of aromatic nitrogens is 2. The molecular formula is C28H17Br2N3O. The lowest BCUT2D eigenvalue weighted by atomic mass is 10.1. The molecule has 1 N–H and O–H groups in total. The maximum atomic E-state index is 6.35. The molecule has 0 aliphatic carbocycles. The Hall–Kier alpha value is -3.48. The van der Waals surface area contributed by atoms with Crippen molar-refractivity contribution in [3.05, 3.63) is 112 Å². The quantitative estimate of drug-likeness (QED) is 0.232. The monoisotopic (exact) mass is 569 g/mol. The minimum absolute atomic E-state index is 0.488. The van der Waals surface area contributed by atoms with Gasteiger partial charge in [0, 0.05) is 9.86 Å². The molecule has 6 rings (SSSR count). The summed E-state index contributed by atoms with van der Waals surface area (Å²) in [5.41, 5.74) is 6.97. The van der Waals surface area contributed by atoms with E-state index >= 15 is 0 Å². The van der Waals surface area contributed by atoms with E-state index in [0.29, 0.717) is 11.4 Å². The van der Waals surface area contributed by atoms with E-state index in [9.17, 15) is 0 Å². The number of halogens is 2. The normalized spacial score (nSPS) is 12.0. The number of nitrogens with zero attached hydrogens (tertiary/aromatic N) is 2. The highest BCUT2D eigenvalue weighted by atomic mass is 79.9. The molecule has 34 heavy (non-hydrogen) atoms. The molecule has 164 valence electrons. The molecule has 0 aliphatic rings. The number of rotatable bonds is 3. The maximum Gasteiger partial charge on any atom is 0.230 e. The van der Waals surface area contributed by atoms with Gasteiger partial charge in [-0.1, -0.05) is 70.5 Å². The van der Waals surface area contributed by atoms with Crippen molar-refractivity contribution < 1.29 is 4.42 Å². The Morgan fingerprint density at radius 2 is 1.50 bits per heavy atom. The van der Waals surface area contributed by atoms with Crippen LogP contribution in [0.3, 0.4) is 0 Å². The predicted octanol–water partition coefficient (Wildman–Crippen LogP) is 8.40. The molecule has 0 saturated heterocycles. The van der Waals surface area contributed by atoms with Crippen molar-refractivity contribution >= 4 is 59.5 Å². The van der Waals surface area contributed by atoms with Crippen LogP contribution in [0.4, 0.5) is 5.69 Å². The zero-order valence-electron chi connectivity index (χ0n) is 17.8. The van der Waals surface area contributed by atoms with Crippen molar-refractivity contribution in [3.63, 3.8) is 0 Å². The van der Waals surface area contributed by atoms with Gasteiger partial charge in [-0.25, -0.2) is 9.98 Å². The average Bonchev–Trinajstić information content (AvgIpc) is 3.29. The smallest absolute Gasteiger partial charge is 0.230 e. The summed E-state index contributed by atoms with van der Waals surface area (Å²) in [4.78, 5) is 13.1. The number of imidazole rings is 1. The van der Waals surface area contributed by atoms with Crippen LogP contribution in [0.15, 0.2) is 115 Å². The van der Waals surface area contributed by atoms with Crippen molar-refractivity contribution in [3.8, 4) is 22.5 Å². The largest absolute Gasteiger partial charge is 0.436 e. The second-order valence-corrected chi connectivity index (χ2v) is 9.67. The van der Waals surface area contributed by atoms with Gasteiger partial charge in [0.2, 0.25) is 5.55 Å². The lowest BCUT2D eigenvalue weighted by Crippen LogP contribution is -2.06. The summed E-state index contributed by atoms with van der Waals surface area (Å²) >= 11 is 7.19. The molecule has 0 atom stereocenters. The van der Waals surface area contributed by atoms with Crippen LogP contribution in [-0.2, 0) is 0 Å². The van der Waals surface area contributed by atoms with E-state index in [4.69, 9.17) is 14.4 Å². The topological polar surface area (TPSA) is 54.2 Å². The van der Waals surface area contributed by atoms with E-state index < -0.39 is 0 Å². The molecule has 2 aromatic heterocycles. The zero-order chi connectivity index (χ0) is 23.1. The van der Waals surface area contributed by atoms with Crippen LogP contribution in [0.1, 0.15) is 0 Å². The number of para-hydroxylation sites is 2. The lowest BCUT2D eigenvalue weighted by Gasteiger charge is -2.06. The minimum Gasteiger partial charge on any atom is -0.436 e. The summed E-state index contributed by atoms with van der Waals surface area (Å²) in [6.07, 6.45) is 0. The second kappa shape index (κ2) is 8.70. The molecule has 6 heteroatoms. The molecule has 0 spiro atoms. The molecule has 0 fully saturated rings. The Morgan fingerprint density at radius 3 is 2.29 bits per heavy atom. The molecule has 0 radical (unpaired) electrons. The van der Waals surface area contributed by atoms with Gasteiger partial charge in [0.05, 0.1) is 26.8 Å². The molecule has 4 nitrogen and oxygen atoms in total. The summed E-state index contributed by atoms with van der Waals surface area (Å²) in [6, 6.07) is 32.4. The standard InChI is InChI=1S/C28H17Br2N3O/c29-20-14-19-15-22(27-32-24-8-4-5-9-25(24)33-27)28(34-26(19)23(30)16-20)31-21-12-10-18(11-13-21)17-6-2-1-3-7-17/h1-16H,(H,32,33). The Bertz CT molecular complexity index is 1690. The first-order chi connectivity index (χ1) is 16.6. The zero-order valence-corrected chi connectivity index (χ0v) is 21.0. The lowest BCUT2D eigenvalue weighted by molar-refractivity contribution is 0.545. The van der Waals surface area contributed by atoms with Gasteiger partial charge < -0.3 is 9.40 Å². The van der Waals surface area contributed by atoms with Crippen LogP contribution in [0.2, 0.25) is 0 Å². The summed E-state index contributed by atoms with van der Waals surface area (Å²) in [5.74, 6) is 0.711. The van der Waals surface area contributed by atoms with E-state index in [1.807, 2.05) is 66.7 Å². The van der Waals surface area contributed by atoms with E-state index in [2.05, 4.69) is 67.2 Å². The van der Waals surface area contributed by atoms with Gasteiger partial charge in [0.15, 0.2) is 5.58 Å². The van der Waals surface area contributed by atoms with E-state index in [1.54, 1.807) is 0 Å². The van der Waals surface area contributed by atoms with Crippen molar-refractivity contribution in [2.45, 2.75) is 0 Å². The number of benzene rings is 4. The third-order valence-corrected chi connectivity index (χ3v) is 6.66. The molecule has 0 aliphatic heterocycles. The summed E-state index contributed by atoms with van der Waals surface area (Å²) in [5, 5.41) is 0.940. The molecular weight excluding hydrogens is 554 g/mol. The number of fused-ring (bicyclic) bond motifs is 2. The van der Waals surface area contributed by atoms with E-state index in [0.717, 1.165) is 47.8 Å². The van der Waals surface area contributed by atoms with Crippen LogP contribution in [0.25, 0.3) is 44.5 Å². The number of nitrogens with one attached hydrogen (secondary N) is 1. The molecule has 6 aromatic rings. The summed E-state index contributed by atoms with van der Waals surface area (Å²) < 4.78 is 8.16. The predicted molar refractivity (Wildman–Crippen MR) is 144 cm³/mol. The molecule has 2 heterocycles. The number of hydrogen-bond donors (Lipinski definition) is 1. The molecule has 0 amide bonds. The first kappa shape index (κ1) is 21.1. The van der Waals surface area contributed by atoms with E-state index in [1.165, 1.54) is 5.56 Å². The fourth-order valence-electron chi connectivity index (χ4n) is 3.97. The van der Waals surface area contributed by atoms with Gasteiger partial charge in [-0.3, -0.25) is 0 Å². The number of aromatic amines is 1. The Balaban J connectivity index is 1.55. The highest BCUT2D eigenvalue weighted by Gasteiger charge is 2.13. The van der Waals surface area contributed by atoms with Crippen LogP contribution in [-0.4, -0.2) is 9.97 Å². The van der Waals surface area contributed by atoms with Gasteiger partial charge in [-0.15, -0.1) is 0 Å².